The molecule has 1 aromatic heterocycles. The second kappa shape index (κ2) is 7.32. The van der Waals surface area contributed by atoms with E-state index in [0.717, 1.165) is 5.56 Å². The largest absolute Gasteiger partial charge is 0.350 e. The summed E-state index contributed by atoms with van der Waals surface area (Å²) in [6.07, 6.45) is 1.51. The molecule has 0 unspecified atom stereocenters. The number of rotatable bonds is 5. The first-order valence-electron chi connectivity index (χ1n) is 7.38. The molecule has 0 bridgehead atoms. The van der Waals surface area contributed by atoms with Gasteiger partial charge in [-0.05, 0) is 35.9 Å². The number of aromatic nitrogens is 2. The summed E-state index contributed by atoms with van der Waals surface area (Å²) in [6, 6.07) is 16.8. The van der Waals surface area contributed by atoms with Crippen LogP contribution in [0.5, 0.6) is 0 Å². The molecule has 5 nitrogen and oxygen atoms in total. The van der Waals surface area contributed by atoms with Gasteiger partial charge in [0.05, 0.1) is 0 Å². The fourth-order valence-electron chi connectivity index (χ4n) is 2.07. The monoisotopic (exact) mass is 322 g/mol. The van der Waals surface area contributed by atoms with Crippen LogP contribution in [0.3, 0.4) is 0 Å². The lowest BCUT2D eigenvalue weighted by Crippen LogP contribution is -2.15. The molecule has 0 spiro atoms. The third-order valence-electron chi connectivity index (χ3n) is 3.28. The first-order chi connectivity index (χ1) is 11.7. The molecule has 24 heavy (non-hydrogen) atoms. The van der Waals surface area contributed by atoms with Crippen LogP contribution in [-0.4, -0.2) is 15.9 Å². The Bertz CT molecular complexity index is 822. The minimum atomic E-state index is -0.312. The number of carbonyl (C=O) groups excluding carboxylic acids is 1. The van der Waals surface area contributed by atoms with Crippen molar-refractivity contribution in [1.29, 1.82) is 0 Å². The minimum absolute atomic E-state index is 0.260. The molecule has 1 heterocycles. The predicted octanol–water partition coefficient (Wildman–Crippen LogP) is 3.48. The number of amides is 1. The van der Waals surface area contributed by atoms with E-state index >= 15 is 0 Å². The first-order valence-corrected chi connectivity index (χ1v) is 7.38. The Labute approximate surface area is 138 Å². The van der Waals surface area contributed by atoms with E-state index in [1.807, 2.05) is 18.2 Å². The van der Waals surface area contributed by atoms with Crippen LogP contribution in [0.2, 0.25) is 0 Å². The van der Waals surface area contributed by atoms with E-state index in [4.69, 9.17) is 0 Å². The third kappa shape index (κ3) is 4.13. The van der Waals surface area contributed by atoms with Crippen molar-refractivity contribution in [2.45, 2.75) is 6.54 Å². The van der Waals surface area contributed by atoms with Crippen LogP contribution in [0.15, 0.2) is 66.9 Å². The van der Waals surface area contributed by atoms with Gasteiger partial charge in [-0.3, -0.25) is 4.79 Å². The Morgan fingerprint density at radius 3 is 2.50 bits per heavy atom. The quantitative estimate of drug-likeness (QED) is 0.755. The molecule has 0 aliphatic carbocycles. The Kier molecular flexibility index (Phi) is 4.76. The third-order valence-corrected chi connectivity index (χ3v) is 3.28. The Morgan fingerprint density at radius 2 is 1.75 bits per heavy atom. The molecule has 0 aliphatic heterocycles. The molecule has 0 fully saturated rings. The van der Waals surface area contributed by atoms with Crippen molar-refractivity contribution in [1.82, 2.24) is 9.97 Å². The SMILES string of the molecule is O=C(Nc1ccccc1)c1ccnc(NCc2ccc(F)cc2)n1. The van der Waals surface area contributed by atoms with Crippen molar-refractivity contribution < 1.29 is 9.18 Å². The van der Waals surface area contributed by atoms with Gasteiger partial charge in [0.2, 0.25) is 5.95 Å². The molecule has 0 atom stereocenters. The molecule has 3 aromatic rings. The summed E-state index contributed by atoms with van der Waals surface area (Å²) in [5.41, 5.74) is 1.84. The molecule has 120 valence electrons. The summed E-state index contributed by atoms with van der Waals surface area (Å²) in [5, 5.41) is 5.78. The predicted molar refractivity (Wildman–Crippen MR) is 90.2 cm³/mol. The lowest BCUT2D eigenvalue weighted by molar-refractivity contribution is 0.102. The highest BCUT2D eigenvalue weighted by Gasteiger charge is 2.09. The normalized spacial score (nSPS) is 10.2. The molecular weight excluding hydrogens is 307 g/mol. The molecule has 0 saturated heterocycles. The van der Waals surface area contributed by atoms with E-state index in [2.05, 4.69) is 20.6 Å². The summed E-state index contributed by atoms with van der Waals surface area (Å²) in [6.45, 7) is 0.435. The van der Waals surface area contributed by atoms with E-state index in [0.29, 0.717) is 18.2 Å². The number of hydrogen-bond acceptors (Lipinski definition) is 4. The zero-order chi connectivity index (χ0) is 16.8. The number of nitrogens with one attached hydrogen (secondary N) is 2. The molecule has 3 rings (SSSR count). The Balaban J connectivity index is 1.65. The van der Waals surface area contributed by atoms with Gasteiger partial charge in [0, 0.05) is 18.4 Å². The second-order valence-electron chi connectivity index (χ2n) is 5.07. The van der Waals surface area contributed by atoms with Crippen LogP contribution in [0, 0.1) is 5.82 Å². The highest BCUT2D eigenvalue weighted by molar-refractivity contribution is 6.02. The van der Waals surface area contributed by atoms with Gasteiger partial charge in [0.1, 0.15) is 11.5 Å². The van der Waals surface area contributed by atoms with Crippen molar-refractivity contribution >= 4 is 17.5 Å². The van der Waals surface area contributed by atoms with Crippen molar-refractivity contribution in [3.8, 4) is 0 Å². The van der Waals surface area contributed by atoms with E-state index < -0.39 is 0 Å². The van der Waals surface area contributed by atoms with Crippen LogP contribution in [0.25, 0.3) is 0 Å². The summed E-state index contributed by atoms with van der Waals surface area (Å²) in [7, 11) is 0. The van der Waals surface area contributed by atoms with E-state index in [9.17, 15) is 9.18 Å². The van der Waals surface area contributed by atoms with Gasteiger partial charge in [0.25, 0.3) is 5.91 Å². The smallest absolute Gasteiger partial charge is 0.274 e. The average Bonchev–Trinajstić information content (AvgIpc) is 2.62. The molecule has 2 aromatic carbocycles. The Morgan fingerprint density at radius 1 is 1.00 bits per heavy atom. The number of nitrogens with zero attached hydrogens (tertiary/aromatic N) is 2. The number of anilines is 2. The lowest BCUT2D eigenvalue weighted by atomic mass is 10.2. The highest BCUT2D eigenvalue weighted by atomic mass is 19.1. The van der Waals surface area contributed by atoms with Gasteiger partial charge in [-0.1, -0.05) is 30.3 Å². The molecule has 0 radical (unpaired) electrons. The molecule has 0 aliphatic rings. The topological polar surface area (TPSA) is 66.9 Å². The van der Waals surface area contributed by atoms with Crippen LogP contribution >= 0.6 is 0 Å². The number of hydrogen-bond donors (Lipinski definition) is 2. The number of carbonyl (C=O) groups is 1. The minimum Gasteiger partial charge on any atom is -0.350 e. The summed E-state index contributed by atoms with van der Waals surface area (Å²) < 4.78 is 12.9. The lowest BCUT2D eigenvalue weighted by Gasteiger charge is -2.07. The zero-order valence-electron chi connectivity index (χ0n) is 12.7. The van der Waals surface area contributed by atoms with Crippen molar-refractivity contribution in [3.63, 3.8) is 0 Å². The van der Waals surface area contributed by atoms with Crippen LogP contribution in [0.1, 0.15) is 16.1 Å². The number of halogens is 1. The fourth-order valence-corrected chi connectivity index (χ4v) is 2.07. The van der Waals surface area contributed by atoms with Crippen molar-refractivity contribution in [2.24, 2.45) is 0 Å². The van der Waals surface area contributed by atoms with Gasteiger partial charge in [-0.15, -0.1) is 0 Å². The molecular formula is C18H15FN4O. The maximum Gasteiger partial charge on any atom is 0.274 e. The zero-order valence-corrected chi connectivity index (χ0v) is 12.7. The maximum absolute atomic E-state index is 12.9. The second-order valence-corrected chi connectivity index (χ2v) is 5.07. The summed E-state index contributed by atoms with van der Waals surface area (Å²) in [4.78, 5) is 20.5. The van der Waals surface area contributed by atoms with E-state index in [1.165, 1.54) is 18.3 Å². The van der Waals surface area contributed by atoms with Crippen LogP contribution in [-0.2, 0) is 6.54 Å². The van der Waals surface area contributed by atoms with Crippen molar-refractivity contribution in [3.05, 3.63) is 83.9 Å². The van der Waals surface area contributed by atoms with Gasteiger partial charge >= 0.3 is 0 Å². The molecule has 1 amide bonds. The van der Waals surface area contributed by atoms with E-state index in [-0.39, 0.29) is 17.4 Å². The van der Waals surface area contributed by atoms with Gasteiger partial charge in [-0.25, -0.2) is 14.4 Å². The van der Waals surface area contributed by atoms with Crippen LogP contribution in [0.4, 0.5) is 16.0 Å². The average molecular weight is 322 g/mol. The fraction of sp³-hybridized carbons (Fsp3) is 0.0556. The summed E-state index contributed by atoms with van der Waals surface area (Å²) in [5.74, 6) is -0.261. The van der Waals surface area contributed by atoms with E-state index in [1.54, 1.807) is 30.3 Å². The van der Waals surface area contributed by atoms with Crippen LogP contribution < -0.4 is 10.6 Å². The van der Waals surface area contributed by atoms with Crippen molar-refractivity contribution in [2.75, 3.05) is 10.6 Å². The number of para-hydroxylation sites is 1. The number of benzene rings is 2. The maximum atomic E-state index is 12.9. The highest BCUT2D eigenvalue weighted by Crippen LogP contribution is 2.09. The first kappa shape index (κ1) is 15.6. The molecule has 2 N–H and O–H groups in total. The Hall–Kier alpha value is -3.28. The molecule has 0 saturated carbocycles. The summed E-state index contributed by atoms with van der Waals surface area (Å²) >= 11 is 0. The standard InChI is InChI=1S/C18H15FN4O/c19-14-8-6-13(7-9-14)12-21-18-20-11-10-16(23-18)17(24)22-15-4-2-1-3-5-15/h1-11H,12H2,(H,22,24)(H,20,21,23). The van der Waals surface area contributed by atoms with Gasteiger partial charge in [0.15, 0.2) is 0 Å². The molecule has 6 heteroatoms. The van der Waals surface area contributed by atoms with Gasteiger partial charge in [-0.2, -0.15) is 0 Å². The van der Waals surface area contributed by atoms with Gasteiger partial charge < -0.3 is 10.6 Å².